The number of nitrogens with one attached hydrogen (secondary N) is 2. The van der Waals surface area contributed by atoms with Crippen LogP contribution in [-0.2, 0) is 43.9 Å². The van der Waals surface area contributed by atoms with Crippen molar-refractivity contribution in [2.75, 3.05) is 16.4 Å². The van der Waals surface area contributed by atoms with E-state index in [1.807, 2.05) is 0 Å². The number of nitrogens with zero attached hydrogens (tertiary/aromatic N) is 10. The van der Waals surface area contributed by atoms with E-state index in [0.29, 0.717) is 23.8 Å². The highest BCUT2D eigenvalue weighted by Gasteiger charge is 2.26. The topological polar surface area (TPSA) is 413 Å². The van der Waals surface area contributed by atoms with Crippen LogP contribution in [0.2, 0.25) is 10.6 Å². The van der Waals surface area contributed by atoms with Crippen LogP contribution in [0.3, 0.4) is 0 Å². The van der Waals surface area contributed by atoms with Crippen LogP contribution in [0.15, 0.2) is 105 Å². The zero-order valence-corrected chi connectivity index (χ0v) is 37.6. The molecule has 35 heteroatoms. The molecule has 6 aromatic rings. The van der Waals surface area contributed by atoms with Gasteiger partial charge in [-0.3, -0.25) is 9.11 Å². The third kappa shape index (κ3) is 12.4. The molecule has 6 rings (SSSR count). The third-order valence-corrected chi connectivity index (χ3v) is 11.8. The second kappa shape index (κ2) is 21.3. The van der Waals surface area contributed by atoms with Gasteiger partial charge in [0.1, 0.15) is 38.4 Å². The van der Waals surface area contributed by atoms with Gasteiger partial charge in [-0.2, -0.15) is 41.8 Å². The number of rotatable bonds is 19. The first-order chi connectivity index (χ1) is 31.3. The number of halogens is 2. The molecule has 0 saturated heterocycles. The van der Waals surface area contributed by atoms with Gasteiger partial charge in [-0.05, 0) is 102 Å². The van der Waals surface area contributed by atoms with Gasteiger partial charge in [0.25, 0.3) is 20.2 Å². The van der Waals surface area contributed by atoms with Crippen LogP contribution in [0.4, 0.5) is 51.7 Å². The van der Waals surface area contributed by atoms with Crippen molar-refractivity contribution in [3.63, 3.8) is 0 Å². The second-order valence-electron chi connectivity index (χ2n) is 12.0. The Morgan fingerprint density at radius 1 is 0.727 bits per heavy atom. The molecule has 66 heavy (non-hydrogen) atoms. The number of anilines is 5. The number of hydrogen-bond acceptors (Lipinski definition) is 29. The van der Waals surface area contributed by atoms with E-state index in [1.54, 1.807) is 6.92 Å². The summed E-state index contributed by atoms with van der Waals surface area (Å²) in [5.74, 6) is -0.820. The van der Waals surface area contributed by atoms with Crippen molar-refractivity contribution in [2.24, 2.45) is 20.5 Å². The van der Waals surface area contributed by atoms with Crippen LogP contribution in [0.1, 0.15) is 5.82 Å². The van der Waals surface area contributed by atoms with Gasteiger partial charge in [0.2, 0.25) is 27.6 Å². The number of aromatic nitrogens is 6. The number of azo groups is 2. The van der Waals surface area contributed by atoms with Crippen LogP contribution in [0, 0.1) is 6.92 Å². The molecule has 2 heterocycles. The molecule has 0 unspecified atom stereocenters. The zero-order valence-electron chi connectivity index (χ0n) is 32.0. The lowest BCUT2D eigenvalue weighted by Gasteiger charge is -2.14. The van der Waals surface area contributed by atoms with Gasteiger partial charge in [-0.1, -0.05) is 10.1 Å². The summed E-state index contributed by atoms with van der Waals surface area (Å²) in [6, 6.07) is 9.26. The van der Waals surface area contributed by atoms with E-state index in [-0.39, 0.29) is 82.8 Å². The summed E-state index contributed by atoms with van der Waals surface area (Å²) in [5.41, 5.74) is 4.05. The van der Waals surface area contributed by atoms with Crippen molar-refractivity contribution in [3.8, 4) is 5.75 Å². The van der Waals surface area contributed by atoms with Crippen molar-refractivity contribution >= 4 is 142 Å². The highest BCUT2D eigenvalue weighted by Crippen LogP contribution is 2.50. The second-order valence-corrected chi connectivity index (χ2v) is 17.9. The van der Waals surface area contributed by atoms with Crippen molar-refractivity contribution in [2.45, 2.75) is 31.7 Å². The van der Waals surface area contributed by atoms with E-state index < -0.39 is 63.9 Å². The maximum absolute atomic E-state index is 12.8. The number of fused-ring (bicyclic) bond motifs is 1. The summed E-state index contributed by atoms with van der Waals surface area (Å²) >= 11 is 13.2. The minimum Gasteiger partial charge on any atom is -0.505 e. The van der Waals surface area contributed by atoms with E-state index in [2.05, 4.69) is 91.2 Å². The molecule has 346 valence electrons. The molecule has 10 N–H and O–H groups in total. The Balaban J connectivity index is 1.48. The lowest BCUT2D eigenvalue weighted by atomic mass is 10.1. The predicted molar refractivity (Wildman–Crippen MR) is 232 cm³/mol. The quantitative estimate of drug-likeness (QED) is 0.00534. The Morgan fingerprint density at radius 2 is 1.30 bits per heavy atom. The molecular formula is C31H23Cl2N13O15S5. The number of aryl methyl sites for hydroxylation is 1. The van der Waals surface area contributed by atoms with Gasteiger partial charge < -0.3 is 26.4 Å². The highest BCUT2D eigenvalue weighted by atomic mass is 35.5. The number of benzene rings is 4. The first-order valence-electron chi connectivity index (χ1n) is 16.8. The largest absolute Gasteiger partial charge is 0.505 e. The summed E-state index contributed by atoms with van der Waals surface area (Å²) in [7, 11) is -10.2. The smallest absolute Gasteiger partial charge is 0.296 e. The number of phenolic OH excluding ortho intramolecular Hbond substituents is 1. The van der Waals surface area contributed by atoms with Gasteiger partial charge in [0.05, 0.1) is 45.0 Å². The monoisotopic (exact) mass is 1050 g/mol. The Morgan fingerprint density at radius 3 is 1.92 bits per heavy atom. The first-order valence-corrected chi connectivity index (χ1v) is 22.7. The first kappa shape index (κ1) is 49.7. The summed E-state index contributed by atoms with van der Waals surface area (Å²) < 4.78 is 79.9. The number of phenols is 1. The molecule has 0 amide bonds. The molecule has 0 fully saturated rings. The van der Waals surface area contributed by atoms with Crippen LogP contribution < -0.4 is 16.4 Å². The van der Waals surface area contributed by atoms with Crippen molar-refractivity contribution in [1.29, 1.82) is 0 Å². The van der Waals surface area contributed by atoms with E-state index in [9.17, 15) is 31.0 Å². The minimum absolute atomic E-state index is 0.0154. The maximum Gasteiger partial charge on any atom is 0.296 e. The standard InChI is InChI=1S/C31H23Cl2N13O15S5/c1-11-35-27(32)39-29(36-11)37-14-3-5-18(63-60-58-49)16(9-14)43-46-25-21(66(54,55)56)8-13-7-19(64-61-59-50)24(26(47)22(13)23(25)34)45-44-17-10-15(4-6-20(17)65(51,52)53)38-30-40-28(33)41-31(42-30)62-12(2)57-48/h3-10,47-50H,2,34H2,1H3,(H,51,52,53)(H,54,55,56)(H,35,36,37,39)(H,38,40,41,42). The molecular weight excluding hydrogens is 1030 g/mol. The molecule has 0 aliphatic carbocycles. The Bertz CT molecular complexity index is 3140. The summed E-state index contributed by atoms with van der Waals surface area (Å²) in [5, 5.41) is 65.8. The Hall–Kier alpha value is -5.73. The van der Waals surface area contributed by atoms with E-state index in [4.69, 9.17) is 44.7 Å². The van der Waals surface area contributed by atoms with E-state index in [0.717, 1.165) is 24.3 Å². The average Bonchev–Trinajstić information content (AvgIpc) is 3.23. The number of thioether (sulfide) groups is 1. The molecule has 0 atom stereocenters. The van der Waals surface area contributed by atoms with Gasteiger partial charge in [-0.15, -0.1) is 29.1 Å². The molecule has 0 bridgehead atoms. The van der Waals surface area contributed by atoms with Crippen LogP contribution >= 0.6 is 59.0 Å². The SMILES string of the molecule is C=C(OO)Sc1nc(Cl)nc(Nc2ccc(S(=O)(=O)O)c(N=Nc3c(SOOO)cc4cc(S(=O)(=O)O)c(N=Nc5cc(Nc6nc(C)nc(Cl)n6)ccc5SOOO)c(N)c4c3O)c2)n1. The molecule has 4 aromatic carbocycles. The van der Waals surface area contributed by atoms with Gasteiger partial charge in [0.15, 0.2) is 10.8 Å². The Labute approximate surface area is 390 Å². The molecule has 0 spiro atoms. The summed E-state index contributed by atoms with van der Waals surface area (Å²) in [6.07, 6.45) is 0. The number of aromatic hydroxyl groups is 1. The van der Waals surface area contributed by atoms with Gasteiger partial charge >= 0.3 is 0 Å². The van der Waals surface area contributed by atoms with Gasteiger partial charge in [-0.25, -0.2) is 20.8 Å². The van der Waals surface area contributed by atoms with Crippen LogP contribution in [0.25, 0.3) is 10.8 Å². The normalized spacial score (nSPS) is 12.1. The van der Waals surface area contributed by atoms with Gasteiger partial charge in [0, 0.05) is 11.4 Å². The molecule has 0 saturated carbocycles. The minimum atomic E-state index is -5.21. The number of nitrogens with two attached hydrogens (primary N) is 1. The molecule has 28 nitrogen and oxygen atoms in total. The van der Waals surface area contributed by atoms with Crippen LogP contribution in [0.5, 0.6) is 5.75 Å². The fraction of sp³-hybridized carbons (Fsp3) is 0.0323. The number of nitrogen functional groups attached to an aromatic ring is 1. The summed E-state index contributed by atoms with van der Waals surface area (Å²) in [4.78, 5) is 25.9. The van der Waals surface area contributed by atoms with E-state index in [1.165, 1.54) is 24.3 Å². The molecule has 2 aromatic heterocycles. The van der Waals surface area contributed by atoms with Crippen molar-refractivity contribution in [3.05, 3.63) is 76.6 Å². The summed E-state index contributed by atoms with van der Waals surface area (Å²) in [6.45, 7) is 4.98. The lowest BCUT2D eigenvalue weighted by molar-refractivity contribution is -0.432. The molecule has 0 radical (unpaired) electrons. The Kier molecular flexibility index (Phi) is 16.0. The van der Waals surface area contributed by atoms with Crippen LogP contribution in [-0.4, -0.2) is 76.7 Å². The maximum atomic E-state index is 12.8. The molecule has 0 aliphatic heterocycles. The highest BCUT2D eigenvalue weighted by molar-refractivity contribution is 8.02. The third-order valence-electron chi connectivity index (χ3n) is 7.74. The predicted octanol–water partition coefficient (Wildman–Crippen LogP) is 8.83. The van der Waals surface area contributed by atoms with E-state index >= 15 is 0 Å². The van der Waals surface area contributed by atoms with Crippen molar-refractivity contribution in [1.82, 2.24) is 29.9 Å². The fourth-order valence-electron chi connectivity index (χ4n) is 5.23. The molecule has 0 aliphatic rings. The zero-order chi connectivity index (χ0) is 47.9. The number of hydrogen-bond donors (Lipinski definition) is 9. The average molecular weight is 1050 g/mol. The lowest BCUT2D eigenvalue weighted by Crippen LogP contribution is -2.02. The fourth-order valence-corrected chi connectivity index (χ4v) is 8.34. The van der Waals surface area contributed by atoms with Crippen molar-refractivity contribution < 1.29 is 70.5 Å².